The second-order valence-corrected chi connectivity index (χ2v) is 7.66. The molecule has 2 heterocycles. The minimum absolute atomic E-state index is 0.177. The predicted molar refractivity (Wildman–Crippen MR) is 94.5 cm³/mol. The van der Waals surface area contributed by atoms with E-state index in [9.17, 15) is 12.8 Å². The quantitative estimate of drug-likeness (QED) is 0.838. The van der Waals surface area contributed by atoms with E-state index in [2.05, 4.69) is 19.5 Å². The van der Waals surface area contributed by atoms with Crippen molar-refractivity contribution in [3.8, 4) is 0 Å². The van der Waals surface area contributed by atoms with Gasteiger partial charge in [0.2, 0.25) is 10.0 Å². The molecule has 0 atom stereocenters. The number of hydrogen-bond acceptors (Lipinski definition) is 5. The monoisotopic (exact) mass is 364 g/mol. The molecule has 1 saturated heterocycles. The number of aromatic nitrogens is 1. The summed E-state index contributed by atoms with van der Waals surface area (Å²) in [5, 5.41) is 0. The number of pyridine rings is 1. The lowest BCUT2D eigenvalue weighted by Crippen LogP contribution is -2.48. The first-order valence-corrected chi connectivity index (χ1v) is 9.65. The fourth-order valence-electron chi connectivity index (χ4n) is 2.81. The molecule has 0 amide bonds. The molecule has 25 heavy (non-hydrogen) atoms. The second kappa shape index (κ2) is 7.90. The van der Waals surface area contributed by atoms with Crippen LogP contribution in [0.1, 0.15) is 0 Å². The third-order valence-electron chi connectivity index (χ3n) is 4.23. The molecule has 0 bridgehead atoms. The van der Waals surface area contributed by atoms with Gasteiger partial charge in [-0.2, -0.15) is 0 Å². The molecular weight excluding hydrogens is 343 g/mol. The summed E-state index contributed by atoms with van der Waals surface area (Å²) in [5.74, 6) is -0.233. The highest BCUT2D eigenvalue weighted by Gasteiger charge is 2.18. The Kier molecular flexibility index (Phi) is 5.62. The number of rotatable bonds is 6. The molecule has 0 unspecified atom stereocenters. The lowest BCUT2D eigenvalue weighted by atomic mass is 10.2. The van der Waals surface area contributed by atoms with Crippen molar-refractivity contribution in [3.63, 3.8) is 0 Å². The maximum absolute atomic E-state index is 13.0. The first-order chi connectivity index (χ1) is 12.0. The molecule has 1 aromatic heterocycles. The average molecular weight is 364 g/mol. The number of benzene rings is 1. The molecule has 0 saturated carbocycles. The Morgan fingerprint density at radius 3 is 2.44 bits per heavy atom. The summed E-state index contributed by atoms with van der Waals surface area (Å²) in [6.45, 7) is 4.35. The highest BCUT2D eigenvalue weighted by Crippen LogP contribution is 2.16. The van der Waals surface area contributed by atoms with E-state index >= 15 is 0 Å². The van der Waals surface area contributed by atoms with Gasteiger partial charge in [-0.1, -0.05) is 0 Å². The maximum Gasteiger partial charge on any atom is 0.242 e. The van der Waals surface area contributed by atoms with Crippen LogP contribution in [0.25, 0.3) is 0 Å². The van der Waals surface area contributed by atoms with Crippen LogP contribution in [0.4, 0.5) is 10.1 Å². The van der Waals surface area contributed by atoms with Gasteiger partial charge in [-0.3, -0.25) is 9.88 Å². The van der Waals surface area contributed by atoms with Crippen molar-refractivity contribution in [2.45, 2.75) is 4.90 Å². The zero-order chi connectivity index (χ0) is 17.7. The van der Waals surface area contributed by atoms with Crippen LogP contribution in [0.5, 0.6) is 0 Å². The number of piperazine rings is 1. The molecule has 0 radical (unpaired) electrons. The molecule has 1 fully saturated rings. The molecule has 8 heteroatoms. The lowest BCUT2D eigenvalue weighted by molar-refractivity contribution is 0.262. The molecule has 0 aliphatic carbocycles. The highest BCUT2D eigenvalue weighted by molar-refractivity contribution is 7.89. The first-order valence-electron chi connectivity index (χ1n) is 8.17. The SMILES string of the molecule is O=S(=O)(NCCN1CCN(c2ccc(F)cc2)CC1)c1cccnc1. The Hall–Kier alpha value is -2.03. The Morgan fingerprint density at radius 2 is 1.80 bits per heavy atom. The van der Waals surface area contributed by atoms with Crippen LogP contribution in [-0.2, 0) is 10.0 Å². The van der Waals surface area contributed by atoms with Gasteiger partial charge >= 0.3 is 0 Å². The van der Waals surface area contributed by atoms with Crippen molar-refractivity contribution >= 4 is 15.7 Å². The molecule has 1 aliphatic heterocycles. The molecule has 3 rings (SSSR count). The Labute approximate surface area is 147 Å². The van der Waals surface area contributed by atoms with E-state index in [1.807, 2.05) is 0 Å². The van der Waals surface area contributed by atoms with Gasteiger partial charge in [-0.15, -0.1) is 0 Å². The topological polar surface area (TPSA) is 65.5 Å². The van der Waals surface area contributed by atoms with Crippen molar-refractivity contribution in [3.05, 3.63) is 54.6 Å². The zero-order valence-electron chi connectivity index (χ0n) is 13.8. The van der Waals surface area contributed by atoms with Crippen LogP contribution in [0.2, 0.25) is 0 Å². The van der Waals surface area contributed by atoms with Gasteiger partial charge in [0.15, 0.2) is 0 Å². The largest absolute Gasteiger partial charge is 0.369 e. The van der Waals surface area contributed by atoms with Crippen LogP contribution in [0, 0.1) is 5.82 Å². The normalized spacial score (nSPS) is 16.1. The van der Waals surface area contributed by atoms with Gasteiger partial charge in [0.25, 0.3) is 0 Å². The van der Waals surface area contributed by atoms with Crippen molar-refractivity contribution in [2.24, 2.45) is 0 Å². The van der Waals surface area contributed by atoms with E-state index in [0.29, 0.717) is 13.1 Å². The molecule has 1 aromatic carbocycles. The molecule has 1 N–H and O–H groups in total. The summed E-state index contributed by atoms with van der Waals surface area (Å²) in [5.41, 5.74) is 1.01. The summed E-state index contributed by atoms with van der Waals surface area (Å²) in [4.78, 5) is 8.43. The van der Waals surface area contributed by atoms with E-state index in [1.54, 1.807) is 24.4 Å². The number of halogens is 1. The summed E-state index contributed by atoms with van der Waals surface area (Å²) in [6, 6.07) is 9.63. The van der Waals surface area contributed by atoms with Crippen molar-refractivity contribution in [1.82, 2.24) is 14.6 Å². The molecule has 6 nitrogen and oxygen atoms in total. The van der Waals surface area contributed by atoms with Gasteiger partial charge in [0.1, 0.15) is 10.7 Å². The minimum Gasteiger partial charge on any atom is -0.369 e. The number of anilines is 1. The van der Waals surface area contributed by atoms with Crippen LogP contribution in [-0.4, -0.2) is 57.6 Å². The third-order valence-corrected chi connectivity index (χ3v) is 5.68. The van der Waals surface area contributed by atoms with Gasteiger partial charge in [0, 0.05) is 57.3 Å². The standard InChI is InChI=1S/C17H21FN4O2S/c18-15-3-5-16(6-4-15)22-12-10-21(11-13-22)9-8-20-25(23,24)17-2-1-7-19-14-17/h1-7,14,20H,8-13H2. The van der Waals surface area contributed by atoms with Crippen LogP contribution in [0.3, 0.4) is 0 Å². The fourth-order valence-corrected chi connectivity index (χ4v) is 3.79. The molecule has 0 spiro atoms. The van der Waals surface area contributed by atoms with Gasteiger partial charge < -0.3 is 4.90 Å². The van der Waals surface area contributed by atoms with E-state index < -0.39 is 10.0 Å². The van der Waals surface area contributed by atoms with Crippen LogP contribution in [0.15, 0.2) is 53.7 Å². The average Bonchev–Trinajstić information content (AvgIpc) is 2.64. The van der Waals surface area contributed by atoms with Gasteiger partial charge in [-0.05, 0) is 36.4 Å². The second-order valence-electron chi connectivity index (χ2n) is 5.89. The lowest BCUT2D eigenvalue weighted by Gasteiger charge is -2.36. The van der Waals surface area contributed by atoms with E-state index in [4.69, 9.17) is 0 Å². The number of nitrogens with one attached hydrogen (secondary N) is 1. The number of hydrogen-bond donors (Lipinski definition) is 1. The molecule has 134 valence electrons. The number of nitrogens with zero attached hydrogens (tertiary/aromatic N) is 3. The third kappa shape index (κ3) is 4.75. The summed E-state index contributed by atoms with van der Waals surface area (Å²) >= 11 is 0. The summed E-state index contributed by atoms with van der Waals surface area (Å²) in [6.07, 6.45) is 2.88. The van der Waals surface area contributed by atoms with E-state index in [0.717, 1.165) is 31.9 Å². The molecular formula is C17H21FN4O2S. The highest BCUT2D eigenvalue weighted by atomic mass is 32.2. The minimum atomic E-state index is -3.50. The Balaban J connectivity index is 1.44. The van der Waals surface area contributed by atoms with Gasteiger partial charge in [-0.25, -0.2) is 17.5 Å². The smallest absolute Gasteiger partial charge is 0.242 e. The van der Waals surface area contributed by atoms with Crippen LogP contribution >= 0.6 is 0 Å². The van der Waals surface area contributed by atoms with Crippen molar-refractivity contribution in [1.29, 1.82) is 0 Å². The summed E-state index contributed by atoms with van der Waals surface area (Å²) in [7, 11) is -3.50. The zero-order valence-corrected chi connectivity index (χ0v) is 14.6. The van der Waals surface area contributed by atoms with E-state index in [1.165, 1.54) is 24.4 Å². The molecule has 1 aliphatic rings. The molecule has 2 aromatic rings. The van der Waals surface area contributed by atoms with Crippen molar-refractivity contribution < 1.29 is 12.8 Å². The Bertz CT molecular complexity index is 776. The maximum atomic E-state index is 13.0. The van der Waals surface area contributed by atoms with Gasteiger partial charge in [0.05, 0.1) is 0 Å². The predicted octanol–water partition coefficient (Wildman–Crippen LogP) is 1.32. The summed E-state index contributed by atoms with van der Waals surface area (Å²) < 4.78 is 39.9. The van der Waals surface area contributed by atoms with Crippen LogP contribution < -0.4 is 9.62 Å². The van der Waals surface area contributed by atoms with E-state index in [-0.39, 0.29) is 10.7 Å². The van der Waals surface area contributed by atoms with Crippen molar-refractivity contribution in [2.75, 3.05) is 44.2 Å². The fraction of sp³-hybridized carbons (Fsp3) is 0.353. The number of sulfonamides is 1. The first kappa shape index (κ1) is 17.8. The Morgan fingerprint density at radius 1 is 1.08 bits per heavy atom.